The molecule has 3 aromatic rings. The van der Waals surface area contributed by atoms with Gasteiger partial charge in [0.05, 0.1) is 11.1 Å². The summed E-state index contributed by atoms with van der Waals surface area (Å²) in [5.41, 5.74) is 3.39. The number of nitrogens with zero attached hydrogens (tertiary/aromatic N) is 3. The fraction of sp³-hybridized carbons (Fsp3) is 0.250. The number of carbonyl (C=O) groups is 1. The first kappa shape index (κ1) is 18.3. The van der Waals surface area contributed by atoms with Crippen LogP contribution >= 0.6 is 11.6 Å². The predicted octanol–water partition coefficient (Wildman–Crippen LogP) is 4.84. The monoisotopic (exact) mass is 399 g/mol. The first-order valence-electron chi connectivity index (χ1n) is 8.81. The van der Waals surface area contributed by atoms with E-state index in [2.05, 4.69) is 10.1 Å². The fourth-order valence-electron chi connectivity index (χ4n) is 3.11. The Kier molecular flexibility index (Phi) is 4.68. The van der Waals surface area contributed by atoms with Gasteiger partial charge in [-0.2, -0.15) is 4.98 Å². The van der Waals surface area contributed by atoms with Gasteiger partial charge in [0.1, 0.15) is 5.75 Å². The van der Waals surface area contributed by atoms with Crippen LogP contribution in [0.5, 0.6) is 5.75 Å². The third-order valence-electron chi connectivity index (χ3n) is 4.42. The van der Waals surface area contributed by atoms with Crippen LogP contribution in [0.25, 0.3) is 22.8 Å². The van der Waals surface area contributed by atoms with Crippen LogP contribution in [-0.4, -0.2) is 32.3 Å². The summed E-state index contributed by atoms with van der Waals surface area (Å²) in [7, 11) is 0. The summed E-state index contributed by atoms with van der Waals surface area (Å²) in [5.74, 6) is 1.39. The van der Waals surface area contributed by atoms with Crippen molar-refractivity contribution >= 4 is 17.7 Å². The summed E-state index contributed by atoms with van der Waals surface area (Å²) >= 11 is 6.29. The van der Waals surface area contributed by atoms with Crippen molar-refractivity contribution in [2.45, 2.75) is 33.0 Å². The van der Waals surface area contributed by atoms with Gasteiger partial charge >= 0.3 is 6.09 Å². The minimum Gasteiger partial charge on any atom is -0.489 e. The van der Waals surface area contributed by atoms with Crippen LogP contribution in [0.15, 0.2) is 40.9 Å². The van der Waals surface area contributed by atoms with Crippen LogP contribution in [0, 0.1) is 0 Å². The highest BCUT2D eigenvalue weighted by molar-refractivity contribution is 6.32. The van der Waals surface area contributed by atoms with Crippen molar-refractivity contribution in [2.75, 3.05) is 0 Å². The molecule has 0 bridgehead atoms. The molecule has 2 aromatic carbocycles. The molecule has 4 rings (SSSR count). The molecule has 0 saturated carbocycles. The quantitative estimate of drug-likeness (QED) is 0.675. The lowest BCUT2D eigenvalue weighted by Crippen LogP contribution is -2.22. The summed E-state index contributed by atoms with van der Waals surface area (Å²) in [6, 6.07) is 11.0. The second-order valence-electron chi connectivity index (χ2n) is 6.86. The molecular weight excluding hydrogens is 382 g/mol. The first-order valence-corrected chi connectivity index (χ1v) is 9.19. The Hall–Kier alpha value is -3.06. The maximum absolute atomic E-state index is 11.2. The maximum Gasteiger partial charge on any atom is 0.407 e. The number of ether oxygens (including phenoxy) is 1. The Balaban J connectivity index is 1.58. The van der Waals surface area contributed by atoms with E-state index in [1.165, 1.54) is 4.90 Å². The topological polar surface area (TPSA) is 88.7 Å². The van der Waals surface area contributed by atoms with Crippen molar-refractivity contribution in [3.05, 3.63) is 52.5 Å². The Morgan fingerprint density at radius 3 is 2.64 bits per heavy atom. The first-order chi connectivity index (χ1) is 13.4. The van der Waals surface area contributed by atoms with Crippen LogP contribution in [0.2, 0.25) is 5.02 Å². The molecular formula is C20H18ClN3O4. The molecule has 0 unspecified atom stereocenters. The normalized spacial score (nSPS) is 13.1. The van der Waals surface area contributed by atoms with Gasteiger partial charge in [0.2, 0.25) is 5.82 Å². The molecule has 2 heterocycles. The Morgan fingerprint density at radius 2 is 1.93 bits per heavy atom. The molecule has 1 aromatic heterocycles. The van der Waals surface area contributed by atoms with Gasteiger partial charge in [-0.15, -0.1) is 0 Å². The van der Waals surface area contributed by atoms with Gasteiger partial charge < -0.3 is 14.4 Å². The summed E-state index contributed by atoms with van der Waals surface area (Å²) in [4.78, 5) is 17.0. The summed E-state index contributed by atoms with van der Waals surface area (Å²) in [5, 5.41) is 13.7. The largest absolute Gasteiger partial charge is 0.489 e. The SMILES string of the molecule is CC(C)Oc1ccc(-c2noc(-c3ccc4c(c3)CN(C(=O)O)C4)n2)cc1Cl. The predicted molar refractivity (Wildman–Crippen MR) is 103 cm³/mol. The van der Waals surface area contributed by atoms with Crippen molar-refractivity contribution in [3.8, 4) is 28.6 Å². The number of rotatable bonds is 4. The number of amides is 1. The van der Waals surface area contributed by atoms with Gasteiger partial charge in [-0.3, -0.25) is 4.90 Å². The van der Waals surface area contributed by atoms with Gasteiger partial charge in [-0.25, -0.2) is 4.79 Å². The van der Waals surface area contributed by atoms with Crippen LogP contribution < -0.4 is 4.74 Å². The molecule has 1 aliphatic rings. The smallest absolute Gasteiger partial charge is 0.407 e. The molecule has 1 amide bonds. The maximum atomic E-state index is 11.2. The molecule has 0 radical (unpaired) electrons. The number of hydrogen-bond acceptors (Lipinski definition) is 5. The third-order valence-corrected chi connectivity index (χ3v) is 4.72. The number of halogens is 1. The zero-order valence-corrected chi connectivity index (χ0v) is 16.1. The second kappa shape index (κ2) is 7.16. The molecule has 28 heavy (non-hydrogen) atoms. The Bertz CT molecular complexity index is 1050. The van der Waals surface area contributed by atoms with E-state index in [9.17, 15) is 4.79 Å². The molecule has 1 aliphatic heterocycles. The highest BCUT2D eigenvalue weighted by Gasteiger charge is 2.24. The number of fused-ring (bicyclic) bond motifs is 1. The number of hydrogen-bond donors (Lipinski definition) is 1. The lowest BCUT2D eigenvalue weighted by molar-refractivity contribution is 0.145. The molecule has 0 atom stereocenters. The number of benzene rings is 2. The lowest BCUT2D eigenvalue weighted by atomic mass is 10.1. The molecule has 0 saturated heterocycles. The second-order valence-corrected chi connectivity index (χ2v) is 7.26. The average Bonchev–Trinajstić information content (AvgIpc) is 3.29. The highest BCUT2D eigenvalue weighted by atomic mass is 35.5. The summed E-state index contributed by atoms with van der Waals surface area (Å²) < 4.78 is 11.0. The van der Waals surface area contributed by atoms with Crippen molar-refractivity contribution < 1.29 is 19.2 Å². The zero-order valence-electron chi connectivity index (χ0n) is 15.3. The highest BCUT2D eigenvalue weighted by Crippen LogP contribution is 2.32. The van der Waals surface area contributed by atoms with Crippen molar-refractivity contribution in [3.63, 3.8) is 0 Å². The van der Waals surface area contributed by atoms with Gasteiger partial charge in [0, 0.05) is 24.2 Å². The van der Waals surface area contributed by atoms with E-state index in [4.69, 9.17) is 26.0 Å². The molecule has 8 heteroatoms. The molecule has 0 spiro atoms. The lowest BCUT2D eigenvalue weighted by Gasteiger charge is -2.11. The third kappa shape index (κ3) is 3.53. The number of carboxylic acid groups (broad SMARTS) is 1. The van der Waals surface area contributed by atoms with Crippen molar-refractivity contribution in [1.29, 1.82) is 0 Å². The zero-order chi connectivity index (χ0) is 19.8. The van der Waals surface area contributed by atoms with E-state index in [0.717, 1.165) is 16.7 Å². The standard InChI is InChI=1S/C20H18ClN3O4/c1-11(2)27-17-6-5-12(8-16(17)21)18-22-19(28-23-18)13-3-4-14-9-24(20(25)26)10-15(14)7-13/h3-8,11H,9-10H2,1-2H3,(H,25,26). The Morgan fingerprint density at radius 1 is 1.18 bits per heavy atom. The van der Waals surface area contributed by atoms with E-state index in [1.807, 2.05) is 38.1 Å². The van der Waals surface area contributed by atoms with Crippen LogP contribution in [0.4, 0.5) is 4.79 Å². The summed E-state index contributed by atoms with van der Waals surface area (Å²) in [6.45, 7) is 4.61. The van der Waals surface area contributed by atoms with E-state index in [-0.39, 0.29) is 6.10 Å². The van der Waals surface area contributed by atoms with Crippen molar-refractivity contribution in [1.82, 2.24) is 15.0 Å². The van der Waals surface area contributed by atoms with Crippen LogP contribution in [-0.2, 0) is 13.1 Å². The van der Waals surface area contributed by atoms with E-state index in [1.54, 1.807) is 12.1 Å². The minimum absolute atomic E-state index is 0.0250. The fourth-order valence-corrected chi connectivity index (χ4v) is 3.34. The van der Waals surface area contributed by atoms with Gasteiger partial charge in [0.25, 0.3) is 5.89 Å². The van der Waals surface area contributed by atoms with Crippen molar-refractivity contribution in [2.24, 2.45) is 0 Å². The average molecular weight is 400 g/mol. The summed E-state index contributed by atoms with van der Waals surface area (Å²) in [6.07, 6.45) is -0.906. The van der Waals surface area contributed by atoms with Crippen LogP contribution in [0.1, 0.15) is 25.0 Å². The van der Waals surface area contributed by atoms with Gasteiger partial charge in [0.15, 0.2) is 0 Å². The van der Waals surface area contributed by atoms with E-state index in [0.29, 0.717) is 41.1 Å². The molecule has 144 valence electrons. The number of aromatic nitrogens is 2. The molecule has 0 fully saturated rings. The molecule has 0 aliphatic carbocycles. The Labute approximate surface area is 166 Å². The van der Waals surface area contributed by atoms with Crippen LogP contribution in [0.3, 0.4) is 0 Å². The molecule has 1 N–H and O–H groups in total. The van der Waals surface area contributed by atoms with Gasteiger partial charge in [-0.1, -0.05) is 22.8 Å². The minimum atomic E-state index is -0.931. The van der Waals surface area contributed by atoms with E-state index >= 15 is 0 Å². The van der Waals surface area contributed by atoms with Gasteiger partial charge in [-0.05, 0) is 55.3 Å². The molecule has 7 nitrogen and oxygen atoms in total. The van der Waals surface area contributed by atoms with E-state index < -0.39 is 6.09 Å².